The van der Waals surface area contributed by atoms with Crippen molar-refractivity contribution in [2.45, 2.75) is 58.5 Å². The van der Waals surface area contributed by atoms with Crippen LogP contribution in [0.3, 0.4) is 0 Å². The molecule has 2 heterocycles. The van der Waals surface area contributed by atoms with Crippen LogP contribution in [0, 0.1) is 0 Å². The molecule has 0 N–H and O–H groups in total. The van der Waals surface area contributed by atoms with Gasteiger partial charge in [-0.3, -0.25) is 4.57 Å². The molecule has 5 rings (SSSR count). The number of amides is 2. The standard InChI is InChI=1S/C35H40N4O5/c1-35(2,3)44-34(41)38-19-17-28(18-20-38)37(4)33(40)39-22-31(36-25-39)30-16-15-29(42-23-26-11-7-5-8-12-26)21-32(30)43-24-27-13-9-6-10-14-27/h5-16,21-22,25,28H,17-20,23-24H2,1-4H3. The number of rotatable bonds is 8. The van der Waals surface area contributed by atoms with E-state index in [1.165, 1.54) is 10.9 Å². The summed E-state index contributed by atoms with van der Waals surface area (Å²) in [5.41, 5.74) is 2.94. The van der Waals surface area contributed by atoms with E-state index in [4.69, 9.17) is 14.2 Å². The van der Waals surface area contributed by atoms with Crippen LogP contribution in [0.25, 0.3) is 11.3 Å². The second-order valence-corrected chi connectivity index (χ2v) is 12.0. The van der Waals surface area contributed by atoms with Crippen LogP contribution in [0.1, 0.15) is 44.7 Å². The van der Waals surface area contributed by atoms with Gasteiger partial charge in [-0.15, -0.1) is 0 Å². The Morgan fingerprint density at radius 1 is 0.886 bits per heavy atom. The zero-order valence-electron chi connectivity index (χ0n) is 25.8. The Morgan fingerprint density at radius 2 is 1.50 bits per heavy atom. The summed E-state index contributed by atoms with van der Waals surface area (Å²) in [7, 11) is 1.79. The van der Waals surface area contributed by atoms with E-state index in [1.54, 1.807) is 23.0 Å². The van der Waals surface area contributed by atoms with Gasteiger partial charge in [0.25, 0.3) is 0 Å². The first kappa shape index (κ1) is 30.7. The van der Waals surface area contributed by atoms with Crippen molar-refractivity contribution < 1.29 is 23.8 Å². The molecule has 4 aromatic rings. The van der Waals surface area contributed by atoms with Crippen LogP contribution in [0.2, 0.25) is 0 Å². The highest BCUT2D eigenvalue weighted by molar-refractivity contribution is 5.79. The molecule has 0 radical (unpaired) electrons. The van der Waals surface area contributed by atoms with Gasteiger partial charge in [-0.1, -0.05) is 60.7 Å². The van der Waals surface area contributed by atoms with E-state index in [9.17, 15) is 9.59 Å². The minimum atomic E-state index is -0.540. The molecule has 1 aliphatic heterocycles. The molecule has 2 amide bonds. The van der Waals surface area contributed by atoms with Gasteiger partial charge < -0.3 is 24.0 Å². The summed E-state index contributed by atoms with van der Waals surface area (Å²) in [4.78, 5) is 33.9. The van der Waals surface area contributed by atoms with Crippen molar-refractivity contribution >= 4 is 12.1 Å². The van der Waals surface area contributed by atoms with E-state index in [2.05, 4.69) is 4.98 Å². The van der Waals surface area contributed by atoms with Crippen LogP contribution in [-0.4, -0.2) is 63.3 Å². The smallest absolute Gasteiger partial charge is 0.410 e. The van der Waals surface area contributed by atoms with Gasteiger partial charge in [0.15, 0.2) is 0 Å². The Balaban J connectivity index is 1.28. The number of hydrogen-bond donors (Lipinski definition) is 0. The Hall–Kier alpha value is -4.79. The lowest BCUT2D eigenvalue weighted by molar-refractivity contribution is 0.0172. The van der Waals surface area contributed by atoms with Gasteiger partial charge in [0, 0.05) is 44.0 Å². The molecule has 1 fully saturated rings. The summed E-state index contributed by atoms with van der Waals surface area (Å²) in [5, 5.41) is 0. The van der Waals surface area contributed by atoms with Crippen molar-refractivity contribution in [3.8, 4) is 22.8 Å². The van der Waals surface area contributed by atoms with E-state index in [0.29, 0.717) is 56.3 Å². The maximum Gasteiger partial charge on any atom is 0.410 e. The molecule has 0 atom stereocenters. The average molecular weight is 597 g/mol. The molecule has 0 spiro atoms. The monoisotopic (exact) mass is 596 g/mol. The van der Waals surface area contributed by atoms with Gasteiger partial charge in [0.1, 0.15) is 36.6 Å². The SMILES string of the molecule is CN(C(=O)n1cnc(-c2ccc(OCc3ccccc3)cc2OCc2ccccc2)c1)C1CCN(C(=O)OC(C)(C)C)CC1. The number of likely N-dealkylation sites (tertiary alicyclic amines) is 1. The molecule has 0 bridgehead atoms. The summed E-state index contributed by atoms with van der Waals surface area (Å²) >= 11 is 0. The molecule has 44 heavy (non-hydrogen) atoms. The largest absolute Gasteiger partial charge is 0.489 e. The number of benzene rings is 3. The Kier molecular flexibility index (Phi) is 9.53. The first-order valence-corrected chi connectivity index (χ1v) is 14.9. The fraction of sp³-hybridized carbons (Fsp3) is 0.343. The Labute approximate surface area is 259 Å². The second-order valence-electron chi connectivity index (χ2n) is 12.0. The molecule has 1 aliphatic rings. The van der Waals surface area contributed by atoms with E-state index in [1.807, 2.05) is 99.6 Å². The third kappa shape index (κ3) is 7.98. The number of ether oxygens (including phenoxy) is 3. The Bertz CT molecular complexity index is 1540. The van der Waals surface area contributed by atoms with Crippen molar-refractivity contribution in [3.63, 3.8) is 0 Å². The molecule has 0 unspecified atom stereocenters. The summed E-state index contributed by atoms with van der Waals surface area (Å²) in [6.45, 7) is 7.45. The summed E-state index contributed by atoms with van der Waals surface area (Å²) in [6, 6.07) is 25.4. The lowest BCUT2D eigenvalue weighted by Crippen LogP contribution is -2.49. The molecular formula is C35H40N4O5. The molecule has 3 aromatic carbocycles. The van der Waals surface area contributed by atoms with Crippen molar-refractivity contribution in [2.75, 3.05) is 20.1 Å². The fourth-order valence-electron chi connectivity index (χ4n) is 5.07. The van der Waals surface area contributed by atoms with E-state index < -0.39 is 5.60 Å². The average Bonchev–Trinajstić information content (AvgIpc) is 3.52. The number of aromatic nitrogens is 2. The fourth-order valence-corrected chi connectivity index (χ4v) is 5.07. The van der Waals surface area contributed by atoms with Crippen LogP contribution < -0.4 is 9.47 Å². The van der Waals surface area contributed by atoms with Gasteiger partial charge in [0.05, 0.1) is 5.69 Å². The molecule has 0 aliphatic carbocycles. The van der Waals surface area contributed by atoms with Crippen LogP contribution >= 0.6 is 0 Å². The van der Waals surface area contributed by atoms with Crippen molar-refractivity contribution in [1.82, 2.24) is 19.4 Å². The molecule has 9 nitrogen and oxygen atoms in total. The van der Waals surface area contributed by atoms with E-state index in [-0.39, 0.29) is 18.2 Å². The van der Waals surface area contributed by atoms with Gasteiger partial charge in [-0.25, -0.2) is 14.6 Å². The summed E-state index contributed by atoms with van der Waals surface area (Å²) in [6.07, 6.45) is 4.29. The molecule has 230 valence electrons. The second kappa shape index (κ2) is 13.7. The highest BCUT2D eigenvalue weighted by Gasteiger charge is 2.30. The van der Waals surface area contributed by atoms with Crippen molar-refractivity contribution in [2.24, 2.45) is 0 Å². The molecule has 1 saturated heterocycles. The number of carbonyl (C=O) groups excluding carboxylic acids is 2. The number of imidazole rings is 1. The molecular weight excluding hydrogens is 556 g/mol. The third-order valence-corrected chi connectivity index (χ3v) is 7.48. The maximum absolute atomic E-state index is 13.5. The van der Waals surface area contributed by atoms with E-state index >= 15 is 0 Å². The minimum absolute atomic E-state index is 0.00199. The van der Waals surface area contributed by atoms with Crippen molar-refractivity contribution in [3.05, 3.63) is 103 Å². The minimum Gasteiger partial charge on any atom is -0.489 e. The first-order chi connectivity index (χ1) is 21.2. The predicted octanol–water partition coefficient (Wildman–Crippen LogP) is 7.01. The zero-order chi connectivity index (χ0) is 31.1. The number of hydrogen-bond acceptors (Lipinski definition) is 6. The topological polar surface area (TPSA) is 86.1 Å². The van der Waals surface area contributed by atoms with Gasteiger partial charge in [0.2, 0.25) is 0 Å². The van der Waals surface area contributed by atoms with Gasteiger partial charge >= 0.3 is 12.1 Å². The predicted molar refractivity (Wildman–Crippen MR) is 169 cm³/mol. The van der Waals surface area contributed by atoms with E-state index in [0.717, 1.165) is 16.7 Å². The first-order valence-electron chi connectivity index (χ1n) is 14.9. The molecule has 9 heteroatoms. The zero-order valence-corrected chi connectivity index (χ0v) is 25.8. The van der Waals surface area contributed by atoms with Gasteiger partial charge in [-0.2, -0.15) is 0 Å². The highest BCUT2D eigenvalue weighted by Crippen LogP contribution is 2.34. The summed E-state index contributed by atoms with van der Waals surface area (Å²) < 4.78 is 19.3. The number of piperidine rings is 1. The highest BCUT2D eigenvalue weighted by atomic mass is 16.6. The maximum atomic E-state index is 13.5. The normalized spacial score (nSPS) is 13.8. The number of carbonyl (C=O) groups is 2. The van der Waals surface area contributed by atoms with Crippen LogP contribution in [0.5, 0.6) is 11.5 Å². The lowest BCUT2D eigenvalue weighted by atomic mass is 10.0. The summed E-state index contributed by atoms with van der Waals surface area (Å²) in [5.74, 6) is 1.29. The third-order valence-electron chi connectivity index (χ3n) is 7.48. The van der Waals surface area contributed by atoms with Gasteiger partial charge in [-0.05, 0) is 56.9 Å². The molecule has 0 saturated carbocycles. The van der Waals surface area contributed by atoms with Crippen molar-refractivity contribution in [1.29, 1.82) is 0 Å². The Morgan fingerprint density at radius 3 is 2.11 bits per heavy atom. The number of nitrogens with zero attached hydrogens (tertiary/aromatic N) is 4. The molecule has 1 aromatic heterocycles. The van der Waals surface area contributed by atoms with Crippen LogP contribution in [0.4, 0.5) is 9.59 Å². The van der Waals surface area contributed by atoms with Crippen LogP contribution in [-0.2, 0) is 18.0 Å². The van der Waals surface area contributed by atoms with Crippen LogP contribution in [0.15, 0.2) is 91.4 Å². The quantitative estimate of drug-likeness (QED) is 0.218. The lowest BCUT2D eigenvalue weighted by Gasteiger charge is -2.37.